The average Bonchev–Trinajstić information content (AvgIpc) is 2.70. The van der Waals surface area contributed by atoms with Gasteiger partial charge in [-0.3, -0.25) is 4.99 Å². The highest BCUT2D eigenvalue weighted by Crippen LogP contribution is 2.31. The molecule has 1 N–H and O–H groups in total. The predicted octanol–water partition coefficient (Wildman–Crippen LogP) is 6.61. The molecule has 0 spiro atoms. The van der Waals surface area contributed by atoms with Crippen molar-refractivity contribution in [2.24, 2.45) is 10.1 Å². The maximum absolute atomic E-state index is 10.1. The maximum Gasteiger partial charge on any atom is 0.142 e. The molecule has 0 atom stereocenters. The molecule has 0 bridgehead atoms. The molecular formula is C22H18Br2N2O2. The first kappa shape index (κ1) is 20.3. The van der Waals surface area contributed by atoms with E-state index in [1.807, 2.05) is 61.5 Å². The van der Waals surface area contributed by atoms with E-state index in [4.69, 9.17) is 4.84 Å². The first-order valence-electron chi connectivity index (χ1n) is 8.56. The number of aliphatic imine (C=N–C) groups is 1. The second-order valence-electron chi connectivity index (χ2n) is 6.07. The van der Waals surface area contributed by atoms with Crippen LogP contribution in [0.4, 0.5) is 5.69 Å². The van der Waals surface area contributed by atoms with E-state index in [1.165, 1.54) is 0 Å². The number of halogens is 2. The summed E-state index contributed by atoms with van der Waals surface area (Å²) in [6, 6.07) is 21.2. The second-order valence-corrected chi connectivity index (χ2v) is 7.84. The third-order valence-electron chi connectivity index (χ3n) is 3.97. The summed E-state index contributed by atoms with van der Waals surface area (Å²) in [6.45, 7) is 2.34. The van der Waals surface area contributed by atoms with E-state index < -0.39 is 0 Å². The van der Waals surface area contributed by atoms with Crippen LogP contribution in [0.15, 0.2) is 85.8 Å². The minimum atomic E-state index is 0.155. The molecule has 0 aliphatic rings. The van der Waals surface area contributed by atoms with Crippen molar-refractivity contribution in [2.75, 3.05) is 0 Å². The molecule has 3 aromatic rings. The van der Waals surface area contributed by atoms with Gasteiger partial charge in [-0.25, -0.2) is 0 Å². The van der Waals surface area contributed by atoms with Crippen molar-refractivity contribution >= 4 is 49.5 Å². The highest BCUT2D eigenvalue weighted by Gasteiger charge is 2.05. The van der Waals surface area contributed by atoms with Gasteiger partial charge >= 0.3 is 0 Å². The minimum Gasteiger partial charge on any atom is -0.506 e. The minimum absolute atomic E-state index is 0.155. The van der Waals surface area contributed by atoms with Gasteiger partial charge in [-0.2, -0.15) is 0 Å². The number of phenolic OH excluding ortho intramolecular Hbond substituents is 1. The lowest BCUT2D eigenvalue weighted by Crippen LogP contribution is -1.96. The van der Waals surface area contributed by atoms with Crippen molar-refractivity contribution < 1.29 is 9.94 Å². The largest absolute Gasteiger partial charge is 0.506 e. The molecule has 4 nitrogen and oxygen atoms in total. The van der Waals surface area contributed by atoms with Crippen molar-refractivity contribution in [2.45, 2.75) is 13.5 Å². The quantitative estimate of drug-likeness (QED) is 0.305. The summed E-state index contributed by atoms with van der Waals surface area (Å²) < 4.78 is 1.47. The molecule has 0 radical (unpaired) electrons. The van der Waals surface area contributed by atoms with Crippen molar-refractivity contribution in [3.8, 4) is 5.75 Å². The summed E-state index contributed by atoms with van der Waals surface area (Å²) >= 11 is 6.72. The van der Waals surface area contributed by atoms with Gasteiger partial charge in [-0.15, -0.1) is 0 Å². The lowest BCUT2D eigenvalue weighted by molar-refractivity contribution is 0.130. The van der Waals surface area contributed by atoms with E-state index in [0.717, 1.165) is 27.0 Å². The molecule has 0 unspecified atom stereocenters. The van der Waals surface area contributed by atoms with Gasteiger partial charge in [-0.1, -0.05) is 63.6 Å². The Kier molecular flexibility index (Phi) is 7.01. The summed E-state index contributed by atoms with van der Waals surface area (Å²) in [7, 11) is 0. The molecule has 0 aromatic heterocycles. The fourth-order valence-electron chi connectivity index (χ4n) is 2.45. The Morgan fingerprint density at radius 3 is 2.46 bits per heavy atom. The lowest BCUT2D eigenvalue weighted by atomic mass is 10.1. The highest BCUT2D eigenvalue weighted by molar-refractivity contribution is 9.11. The Balaban J connectivity index is 1.65. The van der Waals surface area contributed by atoms with Crippen LogP contribution in [-0.2, 0) is 11.4 Å². The standard InChI is InChI=1S/C22H18Br2N2O2/c1-15(26-28-14-16-5-3-2-4-6-16)17-7-9-20(10-8-17)25-13-18-11-19(23)12-21(24)22(18)27/h2-13,27H,14H2,1H3/b25-13?,26-15+. The van der Waals surface area contributed by atoms with Crippen LogP contribution in [0, 0.1) is 0 Å². The molecule has 0 aliphatic carbocycles. The SMILES string of the molecule is C/C(=N\OCc1ccccc1)c1ccc(N=Cc2cc(Br)cc(Br)c2O)cc1. The van der Waals surface area contributed by atoms with Crippen LogP contribution in [0.3, 0.4) is 0 Å². The molecule has 0 fully saturated rings. The molecule has 3 rings (SSSR count). The van der Waals surface area contributed by atoms with E-state index in [-0.39, 0.29) is 5.75 Å². The third-order valence-corrected chi connectivity index (χ3v) is 5.03. The van der Waals surface area contributed by atoms with E-state index in [2.05, 4.69) is 42.0 Å². The van der Waals surface area contributed by atoms with E-state index in [9.17, 15) is 5.11 Å². The van der Waals surface area contributed by atoms with Crippen LogP contribution in [0.1, 0.15) is 23.6 Å². The van der Waals surface area contributed by atoms with Crippen LogP contribution in [-0.4, -0.2) is 17.0 Å². The molecule has 142 valence electrons. The summed E-state index contributed by atoms with van der Waals surface area (Å²) in [5.41, 5.74) is 4.22. The predicted molar refractivity (Wildman–Crippen MR) is 121 cm³/mol. The van der Waals surface area contributed by atoms with Gasteiger partial charge in [0.25, 0.3) is 0 Å². The van der Waals surface area contributed by atoms with Gasteiger partial charge in [0.05, 0.1) is 15.9 Å². The number of benzene rings is 3. The number of nitrogens with zero attached hydrogens (tertiary/aromatic N) is 2. The molecule has 3 aromatic carbocycles. The molecule has 0 heterocycles. The number of rotatable bonds is 6. The number of hydrogen-bond donors (Lipinski definition) is 1. The van der Waals surface area contributed by atoms with Crippen molar-refractivity contribution in [3.63, 3.8) is 0 Å². The Hall–Kier alpha value is -2.44. The number of oxime groups is 1. The van der Waals surface area contributed by atoms with Gasteiger partial charge in [-0.05, 0) is 58.2 Å². The Morgan fingerprint density at radius 2 is 1.75 bits per heavy atom. The van der Waals surface area contributed by atoms with Gasteiger partial charge < -0.3 is 9.94 Å². The van der Waals surface area contributed by atoms with Crippen LogP contribution in [0.5, 0.6) is 5.75 Å². The summed E-state index contributed by atoms with van der Waals surface area (Å²) in [5.74, 6) is 0.155. The van der Waals surface area contributed by atoms with Crippen LogP contribution >= 0.6 is 31.9 Å². The topological polar surface area (TPSA) is 54.2 Å². The lowest BCUT2D eigenvalue weighted by Gasteiger charge is -2.04. The van der Waals surface area contributed by atoms with Crippen LogP contribution in [0.2, 0.25) is 0 Å². The highest BCUT2D eigenvalue weighted by atomic mass is 79.9. The molecule has 0 saturated heterocycles. The molecule has 0 aliphatic heterocycles. The molecule has 0 saturated carbocycles. The number of aromatic hydroxyl groups is 1. The maximum atomic E-state index is 10.1. The summed E-state index contributed by atoms with van der Waals surface area (Å²) in [4.78, 5) is 9.85. The fraction of sp³-hybridized carbons (Fsp3) is 0.0909. The molecule has 6 heteroatoms. The van der Waals surface area contributed by atoms with Crippen molar-refractivity contribution in [1.29, 1.82) is 0 Å². The normalized spacial score (nSPS) is 11.8. The van der Waals surface area contributed by atoms with E-state index in [0.29, 0.717) is 16.6 Å². The van der Waals surface area contributed by atoms with Gasteiger partial charge in [0, 0.05) is 16.3 Å². The molecular weight excluding hydrogens is 484 g/mol. The van der Waals surface area contributed by atoms with Gasteiger partial charge in [0.15, 0.2) is 0 Å². The Morgan fingerprint density at radius 1 is 1.04 bits per heavy atom. The fourth-order valence-corrected chi connectivity index (χ4v) is 3.71. The van der Waals surface area contributed by atoms with Crippen molar-refractivity contribution in [1.82, 2.24) is 0 Å². The zero-order valence-corrected chi connectivity index (χ0v) is 18.3. The molecule has 28 heavy (non-hydrogen) atoms. The number of hydrogen-bond acceptors (Lipinski definition) is 4. The Bertz CT molecular complexity index is 1000. The van der Waals surface area contributed by atoms with Crippen molar-refractivity contribution in [3.05, 3.63) is 92.4 Å². The van der Waals surface area contributed by atoms with Crippen LogP contribution in [0.25, 0.3) is 0 Å². The summed E-state index contributed by atoms with van der Waals surface area (Å²) in [6.07, 6.45) is 1.63. The first-order chi connectivity index (χ1) is 13.5. The van der Waals surface area contributed by atoms with Crippen LogP contribution < -0.4 is 0 Å². The smallest absolute Gasteiger partial charge is 0.142 e. The third kappa shape index (κ3) is 5.53. The Labute approximate surface area is 180 Å². The van der Waals surface area contributed by atoms with Gasteiger partial charge in [0.2, 0.25) is 0 Å². The summed E-state index contributed by atoms with van der Waals surface area (Å²) in [5, 5.41) is 14.3. The second kappa shape index (κ2) is 9.66. The monoisotopic (exact) mass is 500 g/mol. The van der Waals surface area contributed by atoms with E-state index >= 15 is 0 Å². The number of phenols is 1. The average molecular weight is 502 g/mol. The zero-order chi connectivity index (χ0) is 19.9. The first-order valence-corrected chi connectivity index (χ1v) is 10.1. The van der Waals surface area contributed by atoms with E-state index in [1.54, 1.807) is 18.3 Å². The zero-order valence-electron chi connectivity index (χ0n) is 15.1. The van der Waals surface area contributed by atoms with Gasteiger partial charge in [0.1, 0.15) is 12.4 Å². The molecule has 0 amide bonds.